The third kappa shape index (κ3) is 2.65. The van der Waals surface area contributed by atoms with E-state index in [1.165, 1.54) is 0 Å². The monoisotopic (exact) mass is 374 g/mol. The maximum atomic E-state index is 12.7. The van der Waals surface area contributed by atoms with Crippen LogP contribution in [0.25, 0.3) is 10.8 Å². The number of hydrogen-bond donors (Lipinski definition) is 1. The maximum absolute atomic E-state index is 12.7. The highest BCUT2D eigenvalue weighted by Crippen LogP contribution is 2.48. The molecule has 0 saturated carbocycles. The van der Waals surface area contributed by atoms with Crippen molar-refractivity contribution in [3.63, 3.8) is 0 Å². The first-order valence-electron chi connectivity index (χ1n) is 8.43. The average molecular weight is 375 g/mol. The van der Waals surface area contributed by atoms with Crippen LogP contribution in [-0.2, 0) is 4.74 Å². The number of hydrogen-bond acceptors (Lipinski definition) is 4. The van der Waals surface area contributed by atoms with Crippen molar-refractivity contribution in [2.24, 2.45) is 0 Å². The molecule has 2 amide bonds. The number of nitrogens with one attached hydrogen (secondary N) is 1. The van der Waals surface area contributed by atoms with Crippen LogP contribution in [0.4, 0.5) is 21.0 Å². The van der Waals surface area contributed by atoms with Crippen LogP contribution in [-0.4, -0.2) is 30.2 Å². The Morgan fingerprint density at radius 1 is 1.42 bits per heavy atom. The Hall–Kier alpha value is -2.47. The van der Waals surface area contributed by atoms with Crippen molar-refractivity contribution in [1.29, 1.82) is 0 Å². The van der Waals surface area contributed by atoms with E-state index in [2.05, 4.69) is 5.32 Å². The van der Waals surface area contributed by atoms with Crippen LogP contribution in [0.1, 0.15) is 32.3 Å². The van der Waals surface area contributed by atoms with Gasteiger partial charge in [-0.15, -0.1) is 11.6 Å². The van der Waals surface area contributed by atoms with E-state index >= 15 is 0 Å². The molecular formula is C19H19ClN2O4. The third-order valence-electron chi connectivity index (χ3n) is 4.49. The van der Waals surface area contributed by atoms with Gasteiger partial charge in [0.1, 0.15) is 11.4 Å². The van der Waals surface area contributed by atoms with Gasteiger partial charge in [-0.3, -0.25) is 10.2 Å². The molecule has 1 N–H and O–H groups in total. The van der Waals surface area contributed by atoms with Crippen molar-refractivity contribution < 1.29 is 19.1 Å². The summed E-state index contributed by atoms with van der Waals surface area (Å²) in [7, 11) is 0. The molecule has 0 bridgehead atoms. The van der Waals surface area contributed by atoms with Crippen LogP contribution in [0.15, 0.2) is 24.3 Å². The fraction of sp³-hybridized carbons (Fsp3) is 0.368. The number of rotatable bonds is 1. The molecule has 4 rings (SSSR count). The van der Waals surface area contributed by atoms with E-state index in [1.807, 2.05) is 39.0 Å². The molecule has 0 fully saturated rings. The lowest BCUT2D eigenvalue weighted by atomic mass is 9.94. The molecule has 0 spiro atoms. The number of carbonyl (C=O) groups excluding carboxylic acids is 2. The number of fused-ring (bicyclic) bond motifs is 2. The highest BCUT2D eigenvalue weighted by molar-refractivity contribution is 6.19. The van der Waals surface area contributed by atoms with Crippen molar-refractivity contribution in [1.82, 2.24) is 0 Å². The quantitative estimate of drug-likeness (QED) is 0.725. The largest absolute Gasteiger partial charge is 0.443 e. The zero-order valence-electron chi connectivity index (χ0n) is 14.8. The lowest BCUT2D eigenvalue weighted by Gasteiger charge is -2.26. The summed E-state index contributed by atoms with van der Waals surface area (Å²) in [6.07, 6.45) is -0.977. The summed E-state index contributed by atoms with van der Waals surface area (Å²) in [5.41, 5.74) is 1.75. The molecule has 2 aromatic rings. The summed E-state index contributed by atoms with van der Waals surface area (Å²) >= 11 is 6.21. The van der Waals surface area contributed by atoms with Gasteiger partial charge in [-0.05, 0) is 37.8 Å². The Balaban J connectivity index is 1.90. The number of anilines is 2. The maximum Gasteiger partial charge on any atom is 0.417 e. The zero-order valence-corrected chi connectivity index (χ0v) is 15.5. The second kappa shape index (κ2) is 5.77. The number of amides is 2. The van der Waals surface area contributed by atoms with Crippen molar-refractivity contribution in [2.75, 3.05) is 22.6 Å². The van der Waals surface area contributed by atoms with E-state index in [1.54, 1.807) is 11.0 Å². The zero-order chi connectivity index (χ0) is 18.6. The number of alkyl halides is 1. The van der Waals surface area contributed by atoms with Crippen LogP contribution < -0.4 is 15.0 Å². The van der Waals surface area contributed by atoms with E-state index in [0.29, 0.717) is 29.5 Å². The lowest BCUT2D eigenvalue weighted by molar-refractivity contribution is 0.0582. The van der Waals surface area contributed by atoms with E-state index < -0.39 is 17.8 Å². The predicted molar refractivity (Wildman–Crippen MR) is 101 cm³/mol. The fourth-order valence-electron chi connectivity index (χ4n) is 3.55. The Morgan fingerprint density at radius 3 is 2.88 bits per heavy atom. The third-order valence-corrected chi connectivity index (χ3v) is 4.86. The SMILES string of the molecule is CC(C)(C)OC(=O)N1C[C@@H](CCl)c2c1cc1c3c(cccc23)NC(=O)O1. The minimum atomic E-state index is -0.606. The van der Waals surface area contributed by atoms with Gasteiger partial charge in [-0.2, -0.15) is 0 Å². The Morgan fingerprint density at radius 2 is 2.19 bits per heavy atom. The summed E-state index contributed by atoms with van der Waals surface area (Å²) in [4.78, 5) is 26.1. The number of halogens is 1. The summed E-state index contributed by atoms with van der Waals surface area (Å²) in [6.45, 7) is 5.90. The summed E-state index contributed by atoms with van der Waals surface area (Å²) in [5, 5.41) is 4.46. The first-order valence-corrected chi connectivity index (χ1v) is 8.97. The second-order valence-electron chi connectivity index (χ2n) is 7.49. The molecule has 0 radical (unpaired) electrons. The molecule has 0 aromatic heterocycles. The van der Waals surface area contributed by atoms with Gasteiger partial charge in [0.15, 0.2) is 0 Å². The first-order chi connectivity index (χ1) is 12.3. The van der Waals surface area contributed by atoms with Crippen molar-refractivity contribution in [2.45, 2.75) is 32.3 Å². The van der Waals surface area contributed by atoms with E-state index in [0.717, 1.165) is 16.3 Å². The number of benzene rings is 2. The number of ether oxygens (including phenoxy) is 2. The van der Waals surface area contributed by atoms with E-state index in [4.69, 9.17) is 21.1 Å². The molecule has 2 heterocycles. The van der Waals surface area contributed by atoms with Crippen molar-refractivity contribution in [3.05, 3.63) is 29.8 Å². The van der Waals surface area contributed by atoms with Crippen LogP contribution >= 0.6 is 11.6 Å². The highest BCUT2D eigenvalue weighted by Gasteiger charge is 2.38. The molecule has 0 unspecified atom stereocenters. The Kier molecular flexibility index (Phi) is 3.77. The lowest BCUT2D eigenvalue weighted by Crippen LogP contribution is -2.36. The molecule has 0 aliphatic carbocycles. The highest BCUT2D eigenvalue weighted by atomic mass is 35.5. The minimum Gasteiger partial charge on any atom is -0.443 e. The molecule has 2 aliphatic heterocycles. The molecule has 2 aliphatic rings. The van der Waals surface area contributed by atoms with Gasteiger partial charge in [-0.25, -0.2) is 9.59 Å². The fourth-order valence-corrected chi connectivity index (χ4v) is 3.80. The van der Waals surface area contributed by atoms with Crippen LogP contribution in [0.5, 0.6) is 5.75 Å². The Bertz CT molecular complexity index is 935. The van der Waals surface area contributed by atoms with Gasteiger partial charge in [0.25, 0.3) is 0 Å². The van der Waals surface area contributed by atoms with E-state index in [-0.39, 0.29) is 5.92 Å². The molecule has 2 aromatic carbocycles. The van der Waals surface area contributed by atoms with Gasteiger partial charge >= 0.3 is 12.2 Å². The van der Waals surface area contributed by atoms with E-state index in [9.17, 15) is 9.59 Å². The molecule has 1 atom stereocenters. The van der Waals surface area contributed by atoms with Crippen LogP contribution in [0.3, 0.4) is 0 Å². The molecule has 136 valence electrons. The number of carbonyl (C=O) groups is 2. The minimum absolute atomic E-state index is 0.0267. The topological polar surface area (TPSA) is 67.9 Å². The number of nitrogens with zero attached hydrogens (tertiary/aromatic N) is 1. The van der Waals surface area contributed by atoms with Crippen molar-refractivity contribution in [3.8, 4) is 5.75 Å². The van der Waals surface area contributed by atoms with Gasteiger partial charge < -0.3 is 9.47 Å². The van der Waals surface area contributed by atoms with Crippen molar-refractivity contribution >= 4 is 45.9 Å². The molecular weight excluding hydrogens is 356 g/mol. The second-order valence-corrected chi connectivity index (χ2v) is 7.80. The molecule has 0 saturated heterocycles. The summed E-state index contributed by atoms with van der Waals surface area (Å²) in [6, 6.07) is 7.39. The average Bonchev–Trinajstić information content (AvgIpc) is 2.92. The molecule has 6 nitrogen and oxygen atoms in total. The smallest absolute Gasteiger partial charge is 0.417 e. The van der Waals surface area contributed by atoms with Crippen LogP contribution in [0, 0.1) is 0 Å². The van der Waals surface area contributed by atoms with Gasteiger partial charge in [0.2, 0.25) is 0 Å². The van der Waals surface area contributed by atoms with Crippen LogP contribution in [0.2, 0.25) is 0 Å². The molecule has 7 heteroatoms. The summed E-state index contributed by atoms with van der Waals surface area (Å²) in [5.74, 6) is 0.779. The normalized spacial score (nSPS) is 18.4. The standard InChI is InChI=1S/C19H19ClN2O4/c1-19(2,3)26-18(24)22-9-10(8-20)15-11-5-4-6-12-16(11)14(7-13(15)22)25-17(23)21-12/h4-7,10H,8-9H2,1-3H3,(H,21,23)/t10-/m1/s1. The predicted octanol–water partition coefficient (Wildman–Crippen LogP) is 4.84. The van der Waals surface area contributed by atoms with Gasteiger partial charge in [0, 0.05) is 29.8 Å². The van der Waals surface area contributed by atoms with Gasteiger partial charge in [0.05, 0.1) is 11.4 Å². The first kappa shape index (κ1) is 17.0. The Labute approximate surface area is 156 Å². The molecule has 26 heavy (non-hydrogen) atoms. The summed E-state index contributed by atoms with van der Waals surface area (Å²) < 4.78 is 10.9. The van der Waals surface area contributed by atoms with Gasteiger partial charge in [-0.1, -0.05) is 12.1 Å².